The molecule has 0 aliphatic heterocycles. The van der Waals surface area contributed by atoms with Crippen LogP contribution in [-0.4, -0.2) is 25.5 Å². The maximum atomic E-state index is 11.9. The number of carbonyl (C=O) groups excluding carboxylic acids is 1. The summed E-state index contributed by atoms with van der Waals surface area (Å²) in [5.41, 5.74) is 1.16. The van der Waals surface area contributed by atoms with Crippen LogP contribution in [-0.2, 0) is 11.2 Å². The van der Waals surface area contributed by atoms with E-state index in [1.165, 1.54) is 0 Å². The van der Waals surface area contributed by atoms with Gasteiger partial charge in [-0.05, 0) is 30.5 Å². The molecule has 3 nitrogen and oxygen atoms in total. The number of nitrogens with zero attached hydrogens (tertiary/aromatic N) is 1. The first-order chi connectivity index (χ1) is 9.66. The standard InChI is InChI=1S/C16H20N2OS/c1-13(18(2)14-7-4-3-5-8-14)12-17-16(19)11-15-9-6-10-20-15/h3-10,13H,11-12H2,1-2H3,(H,17,19). The number of rotatable bonds is 6. The number of likely N-dealkylation sites (N-methyl/N-ethyl adjacent to an activating group) is 1. The highest BCUT2D eigenvalue weighted by atomic mass is 32.1. The molecular formula is C16H20N2OS. The van der Waals surface area contributed by atoms with Gasteiger partial charge < -0.3 is 10.2 Å². The Labute approximate surface area is 124 Å². The Bertz CT molecular complexity index is 525. The number of hydrogen-bond donors (Lipinski definition) is 1. The average molecular weight is 288 g/mol. The van der Waals surface area contributed by atoms with Crippen molar-refractivity contribution in [3.63, 3.8) is 0 Å². The van der Waals surface area contributed by atoms with Crippen LogP contribution in [0, 0.1) is 0 Å². The van der Waals surface area contributed by atoms with Crippen molar-refractivity contribution in [1.29, 1.82) is 0 Å². The van der Waals surface area contributed by atoms with Gasteiger partial charge in [0.25, 0.3) is 0 Å². The summed E-state index contributed by atoms with van der Waals surface area (Å²) in [5, 5.41) is 4.99. The molecule has 4 heteroatoms. The molecule has 0 spiro atoms. The first-order valence-corrected chi connectivity index (χ1v) is 7.61. The Hall–Kier alpha value is -1.81. The zero-order valence-corrected chi connectivity index (χ0v) is 12.7. The second-order valence-electron chi connectivity index (χ2n) is 4.86. The van der Waals surface area contributed by atoms with Gasteiger partial charge >= 0.3 is 0 Å². The van der Waals surface area contributed by atoms with Crippen molar-refractivity contribution in [1.82, 2.24) is 5.32 Å². The molecular weight excluding hydrogens is 268 g/mol. The van der Waals surface area contributed by atoms with E-state index < -0.39 is 0 Å². The van der Waals surface area contributed by atoms with Gasteiger partial charge in [-0.3, -0.25) is 4.79 Å². The second-order valence-corrected chi connectivity index (χ2v) is 5.89. The van der Waals surface area contributed by atoms with E-state index >= 15 is 0 Å². The summed E-state index contributed by atoms with van der Waals surface area (Å²) in [6, 6.07) is 14.4. The van der Waals surface area contributed by atoms with Gasteiger partial charge in [-0.25, -0.2) is 0 Å². The summed E-state index contributed by atoms with van der Waals surface area (Å²) < 4.78 is 0. The summed E-state index contributed by atoms with van der Waals surface area (Å²) >= 11 is 1.62. The van der Waals surface area contributed by atoms with Crippen LogP contribution >= 0.6 is 11.3 Å². The van der Waals surface area contributed by atoms with Crippen LogP contribution in [0.25, 0.3) is 0 Å². The Morgan fingerprint density at radius 1 is 1.25 bits per heavy atom. The van der Waals surface area contributed by atoms with Crippen molar-refractivity contribution in [2.75, 3.05) is 18.5 Å². The fraction of sp³-hybridized carbons (Fsp3) is 0.312. The van der Waals surface area contributed by atoms with E-state index in [0.29, 0.717) is 13.0 Å². The lowest BCUT2D eigenvalue weighted by atomic mass is 10.2. The van der Waals surface area contributed by atoms with Gasteiger partial charge in [0.15, 0.2) is 0 Å². The minimum atomic E-state index is 0.0840. The molecule has 0 fully saturated rings. The van der Waals surface area contributed by atoms with E-state index in [9.17, 15) is 4.79 Å². The van der Waals surface area contributed by atoms with E-state index in [4.69, 9.17) is 0 Å². The third kappa shape index (κ3) is 4.10. The van der Waals surface area contributed by atoms with E-state index in [0.717, 1.165) is 10.6 Å². The smallest absolute Gasteiger partial charge is 0.225 e. The quantitative estimate of drug-likeness (QED) is 0.886. The normalized spacial score (nSPS) is 11.9. The van der Waals surface area contributed by atoms with Crippen LogP contribution < -0.4 is 10.2 Å². The van der Waals surface area contributed by atoms with E-state index in [1.54, 1.807) is 11.3 Å². The molecule has 1 atom stereocenters. The number of nitrogens with one attached hydrogen (secondary N) is 1. The number of anilines is 1. The topological polar surface area (TPSA) is 32.3 Å². The van der Waals surface area contributed by atoms with Gasteiger partial charge in [0.2, 0.25) is 5.91 Å². The maximum Gasteiger partial charge on any atom is 0.225 e. The van der Waals surface area contributed by atoms with Crippen molar-refractivity contribution >= 4 is 22.9 Å². The predicted molar refractivity (Wildman–Crippen MR) is 85.3 cm³/mol. The maximum absolute atomic E-state index is 11.9. The van der Waals surface area contributed by atoms with Gasteiger partial charge in [-0.2, -0.15) is 0 Å². The molecule has 20 heavy (non-hydrogen) atoms. The molecule has 2 rings (SSSR count). The Morgan fingerprint density at radius 2 is 2.00 bits per heavy atom. The van der Waals surface area contributed by atoms with Gasteiger partial charge in [0.1, 0.15) is 0 Å². The second kappa shape index (κ2) is 7.10. The van der Waals surface area contributed by atoms with Crippen LogP contribution in [0.2, 0.25) is 0 Å². The van der Waals surface area contributed by atoms with Gasteiger partial charge in [0.05, 0.1) is 6.42 Å². The lowest BCUT2D eigenvalue weighted by molar-refractivity contribution is -0.120. The highest BCUT2D eigenvalue weighted by Crippen LogP contribution is 2.13. The van der Waals surface area contributed by atoms with Crippen molar-refractivity contribution in [3.8, 4) is 0 Å². The predicted octanol–water partition coefficient (Wildman–Crippen LogP) is 2.93. The zero-order valence-electron chi connectivity index (χ0n) is 11.9. The van der Waals surface area contributed by atoms with E-state index in [-0.39, 0.29) is 11.9 Å². The molecule has 2 aromatic rings. The molecule has 0 saturated heterocycles. The van der Waals surface area contributed by atoms with Crippen LogP contribution in [0.1, 0.15) is 11.8 Å². The molecule has 1 heterocycles. The lowest BCUT2D eigenvalue weighted by Crippen LogP contribution is -2.40. The van der Waals surface area contributed by atoms with Crippen LogP contribution in [0.15, 0.2) is 47.8 Å². The van der Waals surface area contributed by atoms with Gasteiger partial charge in [-0.1, -0.05) is 24.3 Å². The van der Waals surface area contributed by atoms with Crippen molar-refractivity contribution in [2.45, 2.75) is 19.4 Å². The Morgan fingerprint density at radius 3 is 2.65 bits per heavy atom. The summed E-state index contributed by atoms with van der Waals surface area (Å²) in [6.45, 7) is 2.76. The third-order valence-electron chi connectivity index (χ3n) is 3.33. The van der Waals surface area contributed by atoms with Gasteiger partial charge in [0, 0.05) is 30.2 Å². The molecule has 1 unspecified atom stereocenters. The number of amides is 1. The molecule has 106 valence electrons. The minimum absolute atomic E-state index is 0.0840. The van der Waals surface area contributed by atoms with Crippen molar-refractivity contribution < 1.29 is 4.79 Å². The van der Waals surface area contributed by atoms with E-state index in [2.05, 4.69) is 29.3 Å². The number of para-hydroxylation sites is 1. The first kappa shape index (κ1) is 14.6. The molecule has 1 N–H and O–H groups in total. The molecule has 0 radical (unpaired) electrons. The molecule has 0 aliphatic rings. The molecule has 0 saturated carbocycles. The fourth-order valence-electron chi connectivity index (χ4n) is 1.95. The Balaban J connectivity index is 1.80. The van der Waals surface area contributed by atoms with Crippen LogP contribution in [0.5, 0.6) is 0 Å². The number of thiophene rings is 1. The minimum Gasteiger partial charge on any atom is -0.370 e. The highest BCUT2D eigenvalue weighted by molar-refractivity contribution is 7.10. The van der Waals surface area contributed by atoms with Gasteiger partial charge in [-0.15, -0.1) is 11.3 Å². The number of carbonyl (C=O) groups is 1. The van der Waals surface area contributed by atoms with Crippen LogP contribution in [0.3, 0.4) is 0 Å². The monoisotopic (exact) mass is 288 g/mol. The number of benzene rings is 1. The van der Waals surface area contributed by atoms with Crippen molar-refractivity contribution in [3.05, 3.63) is 52.7 Å². The SMILES string of the molecule is CC(CNC(=O)Cc1cccs1)N(C)c1ccccc1. The summed E-state index contributed by atoms with van der Waals surface area (Å²) in [7, 11) is 2.05. The molecule has 0 bridgehead atoms. The first-order valence-electron chi connectivity index (χ1n) is 6.74. The number of hydrogen-bond acceptors (Lipinski definition) is 3. The summed E-state index contributed by atoms with van der Waals surface area (Å²) in [4.78, 5) is 15.1. The van der Waals surface area contributed by atoms with Crippen LogP contribution in [0.4, 0.5) is 5.69 Å². The highest BCUT2D eigenvalue weighted by Gasteiger charge is 2.11. The summed E-state index contributed by atoms with van der Waals surface area (Å²) in [6.07, 6.45) is 0.472. The average Bonchev–Trinajstić information content (AvgIpc) is 2.97. The fourth-order valence-corrected chi connectivity index (χ4v) is 2.65. The van der Waals surface area contributed by atoms with Crippen molar-refractivity contribution in [2.24, 2.45) is 0 Å². The Kier molecular flexibility index (Phi) is 5.18. The molecule has 1 amide bonds. The third-order valence-corrected chi connectivity index (χ3v) is 4.21. The largest absolute Gasteiger partial charge is 0.370 e. The molecule has 0 aliphatic carbocycles. The zero-order chi connectivity index (χ0) is 14.4. The molecule has 1 aromatic carbocycles. The lowest BCUT2D eigenvalue weighted by Gasteiger charge is -2.27. The molecule has 1 aromatic heterocycles. The summed E-state index contributed by atoms with van der Waals surface area (Å²) in [5.74, 6) is 0.0840. The van der Waals surface area contributed by atoms with E-state index in [1.807, 2.05) is 42.8 Å².